The standard InChI is InChI=1S/C20H28ClN5.HI/c1-3-23-20(24-9-7-17-5-4-6-18(21)13-17)25-11-8-16(2)19(14-25)26-12-10-22-15-26;/h4-6,10,12-13,15-16,19H,3,7-9,11,14H2,1-2H3,(H,23,24);1H. The van der Waals surface area contributed by atoms with E-state index in [0.717, 1.165) is 50.0 Å². The number of rotatable bonds is 5. The number of imidazole rings is 1. The minimum Gasteiger partial charge on any atom is -0.357 e. The van der Waals surface area contributed by atoms with Crippen LogP contribution in [0, 0.1) is 5.92 Å². The van der Waals surface area contributed by atoms with Crippen LogP contribution in [-0.4, -0.2) is 46.6 Å². The summed E-state index contributed by atoms with van der Waals surface area (Å²) in [5.74, 6) is 1.64. The van der Waals surface area contributed by atoms with Crippen molar-refractivity contribution in [3.63, 3.8) is 0 Å². The van der Waals surface area contributed by atoms with Crippen molar-refractivity contribution in [2.45, 2.75) is 32.7 Å². The van der Waals surface area contributed by atoms with Crippen molar-refractivity contribution in [3.8, 4) is 0 Å². The number of nitrogens with zero attached hydrogens (tertiary/aromatic N) is 4. The molecule has 1 saturated heterocycles. The molecular formula is C20H29ClIN5. The number of likely N-dealkylation sites (tertiary alicyclic amines) is 1. The van der Waals surface area contributed by atoms with Crippen LogP contribution in [0.25, 0.3) is 0 Å². The Morgan fingerprint density at radius 2 is 2.26 bits per heavy atom. The first-order chi connectivity index (χ1) is 12.7. The van der Waals surface area contributed by atoms with E-state index in [-0.39, 0.29) is 24.0 Å². The monoisotopic (exact) mass is 501 g/mol. The lowest BCUT2D eigenvalue weighted by Crippen LogP contribution is -2.49. The predicted octanol–water partition coefficient (Wildman–Crippen LogP) is 4.25. The maximum atomic E-state index is 6.07. The van der Waals surface area contributed by atoms with Gasteiger partial charge in [-0.2, -0.15) is 0 Å². The Kier molecular flexibility index (Phi) is 8.89. The molecule has 1 aromatic carbocycles. The van der Waals surface area contributed by atoms with Gasteiger partial charge in [-0.25, -0.2) is 4.98 Å². The highest BCUT2D eigenvalue weighted by Crippen LogP contribution is 2.27. The van der Waals surface area contributed by atoms with Crippen molar-refractivity contribution < 1.29 is 0 Å². The Balaban J connectivity index is 0.00000261. The van der Waals surface area contributed by atoms with Gasteiger partial charge in [-0.1, -0.05) is 30.7 Å². The third-order valence-electron chi connectivity index (χ3n) is 5.01. The van der Waals surface area contributed by atoms with Crippen molar-refractivity contribution in [1.29, 1.82) is 0 Å². The van der Waals surface area contributed by atoms with Gasteiger partial charge in [-0.15, -0.1) is 24.0 Å². The van der Waals surface area contributed by atoms with Gasteiger partial charge in [0.1, 0.15) is 0 Å². The topological polar surface area (TPSA) is 45.5 Å². The second-order valence-electron chi connectivity index (χ2n) is 6.90. The number of halogens is 2. The molecule has 148 valence electrons. The van der Waals surface area contributed by atoms with Crippen LogP contribution in [0.15, 0.2) is 48.0 Å². The second-order valence-corrected chi connectivity index (χ2v) is 7.34. The molecule has 0 spiro atoms. The molecule has 2 aromatic rings. The van der Waals surface area contributed by atoms with E-state index in [2.05, 4.69) is 45.9 Å². The first-order valence-corrected chi connectivity index (χ1v) is 9.80. The summed E-state index contributed by atoms with van der Waals surface area (Å²) in [6, 6.07) is 8.45. The minimum atomic E-state index is 0. The average molecular weight is 502 g/mol. The molecule has 1 aliphatic heterocycles. The number of hydrogen-bond donors (Lipinski definition) is 1. The van der Waals surface area contributed by atoms with Crippen molar-refractivity contribution in [2.24, 2.45) is 10.9 Å². The predicted molar refractivity (Wildman–Crippen MR) is 123 cm³/mol. The van der Waals surface area contributed by atoms with Crippen LogP contribution in [0.3, 0.4) is 0 Å². The Morgan fingerprint density at radius 3 is 2.96 bits per heavy atom. The average Bonchev–Trinajstić information content (AvgIpc) is 3.16. The molecule has 0 saturated carbocycles. The summed E-state index contributed by atoms with van der Waals surface area (Å²) in [4.78, 5) is 11.5. The fourth-order valence-electron chi connectivity index (χ4n) is 3.50. The van der Waals surface area contributed by atoms with Crippen LogP contribution in [0.2, 0.25) is 5.02 Å². The zero-order valence-corrected chi connectivity index (χ0v) is 19.1. The van der Waals surface area contributed by atoms with Crippen LogP contribution in [0.4, 0.5) is 0 Å². The number of aromatic nitrogens is 2. The molecule has 0 bridgehead atoms. The molecular weight excluding hydrogens is 473 g/mol. The molecule has 0 amide bonds. The molecule has 7 heteroatoms. The van der Waals surface area contributed by atoms with Gasteiger partial charge in [-0.3, -0.25) is 4.99 Å². The molecule has 1 aromatic heterocycles. The summed E-state index contributed by atoms with van der Waals surface area (Å²) >= 11 is 6.07. The van der Waals surface area contributed by atoms with Gasteiger partial charge < -0.3 is 14.8 Å². The maximum Gasteiger partial charge on any atom is 0.193 e. The number of aliphatic imine (C=N–C) groups is 1. The molecule has 2 unspecified atom stereocenters. The van der Waals surface area contributed by atoms with Crippen LogP contribution < -0.4 is 5.32 Å². The fourth-order valence-corrected chi connectivity index (χ4v) is 3.72. The maximum absolute atomic E-state index is 6.07. The van der Waals surface area contributed by atoms with Crippen molar-refractivity contribution in [3.05, 3.63) is 53.6 Å². The quantitative estimate of drug-likeness (QED) is 0.379. The zero-order chi connectivity index (χ0) is 18.4. The Bertz CT molecular complexity index is 719. The largest absolute Gasteiger partial charge is 0.357 e. The van der Waals surface area contributed by atoms with E-state index in [1.54, 1.807) is 0 Å². The third kappa shape index (κ3) is 6.10. The molecule has 5 nitrogen and oxygen atoms in total. The highest BCUT2D eigenvalue weighted by Gasteiger charge is 2.28. The zero-order valence-electron chi connectivity index (χ0n) is 16.0. The van der Waals surface area contributed by atoms with E-state index in [0.29, 0.717) is 12.0 Å². The van der Waals surface area contributed by atoms with Gasteiger partial charge >= 0.3 is 0 Å². The van der Waals surface area contributed by atoms with Crippen LogP contribution in [-0.2, 0) is 6.42 Å². The highest BCUT2D eigenvalue weighted by atomic mass is 127. The first kappa shape index (κ1) is 22.0. The molecule has 2 atom stereocenters. The number of benzene rings is 1. The molecule has 1 N–H and O–H groups in total. The molecule has 3 rings (SSSR count). The number of piperidine rings is 1. The number of guanidine groups is 1. The van der Waals surface area contributed by atoms with Gasteiger partial charge in [0.25, 0.3) is 0 Å². The lowest BCUT2D eigenvalue weighted by Gasteiger charge is -2.39. The molecule has 1 fully saturated rings. The van der Waals surface area contributed by atoms with Crippen molar-refractivity contribution in [2.75, 3.05) is 26.2 Å². The van der Waals surface area contributed by atoms with E-state index in [9.17, 15) is 0 Å². The lowest BCUT2D eigenvalue weighted by atomic mass is 9.93. The van der Waals surface area contributed by atoms with Crippen LogP contribution >= 0.6 is 35.6 Å². The van der Waals surface area contributed by atoms with E-state index in [4.69, 9.17) is 16.6 Å². The Labute approximate surface area is 184 Å². The van der Waals surface area contributed by atoms with E-state index in [1.807, 2.05) is 30.7 Å². The van der Waals surface area contributed by atoms with E-state index < -0.39 is 0 Å². The molecule has 2 heterocycles. The Hall–Kier alpha value is -1.28. The second kappa shape index (κ2) is 10.9. The van der Waals surface area contributed by atoms with Crippen LogP contribution in [0.5, 0.6) is 0 Å². The van der Waals surface area contributed by atoms with E-state index >= 15 is 0 Å². The molecule has 0 aliphatic carbocycles. The molecule has 1 aliphatic rings. The summed E-state index contributed by atoms with van der Waals surface area (Å²) in [5, 5.41) is 4.24. The summed E-state index contributed by atoms with van der Waals surface area (Å²) in [7, 11) is 0. The normalized spacial score (nSPS) is 20.3. The fraction of sp³-hybridized carbons (Fsp3) is 0.500. The summed E-state index contributed by atoms with van der Waals surface area (Å²) in [6.07, 6.45) is 7.89. The van der Waals surface area contributed by atoms with Gasteiger partial charge in [-0.05, 0) is 43.4 Å². The van der Waals surface area contributed by atoms with Gasteiger partial charge in [0, 0.05) is 43.6 Å². The Morgan fingerprint density at radius 1 is 1.41 bits per heavy atom. The SMILES string of the molecule is CCNC(=NCCc1cccc(Cl)c1)N1CCC(C)C(n2ccnc2)C1.I. The van der Waals surface area contributed by atoms with Gasteiger partial charge in [0.15, 0.2) is 5.96 Å². The van der Waals surface area contributed by atoms with Gasteiger partial charge in [0.05, 0.1) is 12.4 Å². The summed E-state index contributed by atoms with van der Waals surface area (Å²) in [5.41, 5.74) is 1.22. The summed E-state index contributed by atoms with van der Waals surface area (Å²) in [6.45, 7) is 8.07. The molecule has 0 radical (unpaired) electrons. The van der Waals surface area contributed by atoms with Crippen molar-refractivity contribution in [1.82, 2.24) is 19.8 Å². The number of hydrogen-bond acceptors (Lipinski definition) is 2. The van der Waals surface area contributed by atoms with Crippen molar-refractivity contribution >= 4 is 41.5 Å². The van der Waals surface area contributed by atoms with E-state index in [1.165, 1.54) is 5.56 Å². The highest BCUT2D eigenvalue weighted by molar-refractivity contribution is 14.0. The lowest BCUT2D eigenvalue weighted by molar-refractivity contribution is 0.189. The smallest absolute Gasteiger partial charge is 0.193 e. The van der Waals surface area contributed by atoms with Crippen LogP contribution in [0.1, 0.15) is 31.9 Å². The first-order valence-electron chi connectivity index (χ1n) is 9.42. The van der Waals surface area contributed by atoms with Gasteiger partial charge in [0.2, 0.25) is 0 Å². The summed E-state index contributed by atoms with van der Waals surface area (Å²) < 4.78 is 2.23. The molecule has 27 heavy (non-hydrogen) atoms. The number of nitrogens with one attached hydrogen (secondary N) is 1. The third-order valence-corrected chi connectivity index (χ3v) is 5.25. The minimum absolute atomic E-state index is 0.